The fourth-order valence-corrected chi connectivity index (χ4v) is 4.43. The van der Waals surface area contributed by atoms with Crippen molar-refractivity contribution in [3.63, 3.8) is 0 Å². The van der Waals surface area contributed by atoms with Crippen molar-refractivity contribution in [2.24, 2.45) is 0 Å². The van der Waals surface area contributed by atoms with Crippen LogP contribution in [0.1, 0.15) is 18.4 Å². The molecule has 1 spiro atoms. The number of ether oxygens (including phenoxy) is 3. The summed E-state index contributed by atoms with van der Waals surface area (Å²) >= 11 is 5.61. The third-order valence-corrected chi connectivity index (χ3v) is 6.52. The molecule has 3 N–H and O–H groups in total. The number of methoxy groups -OCH3 is 3. The normalized spacial score (nSPS) is 16.2. The molecule has 0 atom stereocenters. The van der Waals surface area contributed by atoms with E-state index in [0.29, 0.717) is 54.8 Å². The van der Waals surface area contributed by atoms with Gasteiger partial charge in [0.2, 0.25) is 0 Å². The van der Waals surface area contributed by atoms with E-state index in [1.807, 2.05) is 48.5 Å². The van der Waals surface area contributed by atoms with Gasteiger partial charge in [0.25, 0.3) is 5.91 Å². The molecule has 2 aromatic carbocycles. The van der Waals surface area contributed by atoms with Gasteiger partial charge in [0.1, 0.15) is 17.0 Å². The number of nitrogens with zero attached hydrogens (tertiary/aromatic N) is 1. The molecule has 2 aliphatic rings. The lowest BCUT2D eigenvalue weighted by Crippen LogP contribution is -2.48. The monoisotopic (exact) mass is 498 g/mol. The number of nitrogens with one attached hydrogen (secondary N) is 3. The van der Waals surface area contributed by atoms with Crippen molar-refractivity contribution in [3.8, 4) is 17.2 Å². The van der Waals surface area contributed by atoms with Crippen molar-refractivity contribution in [3.05, 3.63) is 59.8 Å². The van der Waals surface area contributed by atoms with Crippen molar-refractivity contribution in [2.75, 3.05) is 39.7 Å². The van der Waals surface area contributed by atoms with E-state index in [-0.39, 0.29) is 5.91 Å². The smallest absolute Gasteiger partial charge is 0.269 e. The molecule has 0 aromatic heterocycles. The number of benzene rings is 2. The highest BCUT2D eigenvalue weighted by Crippen LogP contribution is 2.33. The second-order valence-electron chi connectivity index (χ2n) is 8.32. The predicted octanol–water partition coefficient (Wildman–Crippen LogP) is 2.98. The number of carbonyl (C=O) groups is 1. The van der Waals surface area contributed by atoms with Crippen LogP contribution in [0.3, 0.4) is 0 Å². The summed E-state index contributed by atoms with van der Waals surface area (Å²) in [6.07, 6.45) is 3.27. The Bertz CT molecular complexity index is 1110. The summed E-state index contributed by atoms with van der Waals surface area (Å²) < 4.78 is 16.0. The van der Waals surface area contributed by atoms with Crippen LogP contribution in [0.5, 0.6) is 17.2 Å². The molecule has 4 rings (SSSR count). The van der Waals surface area contributed by atoms with Gasteiger partial charge in [-0.3, -0.25) is 15.1 Å². The summed E-state index contributed by atoms with van der Waals surface area (Å²) in [5.41, 5.74) is 4.41. The van der Waals surface area contributed by atoms with Crippen LogP contribution >= 0.6 is 12.2 Å². The molecule has 2 heterocycles. The second kappa shape index (κ2) is 10.8. The second-order valence-corrected chi connectivity index (χ2v) is 8.70. The number of hydrogen-bond donors (Lipinski definition) is 3. The van der Waals surface area contributed by atoms with Gasteiger partial charge >= 0.3 is 0 Å². The zero-order valence-corrected chi connectivity index (χ0v) is 20.9. The zero-order valence-electron chi connectivity index (χ0n) is 20.1. The van der Waals surface area contributed by atoms with Gasteiger partial charge in [-0.2, -0.15) is 0 Å². The highest BCUT2D eigenvalue weighted by Gasteiger charge is 2.40. The molecule has 1 amide bonds. The lowest BCUT2D eigenvalue weighted by atomic mass is 9.91. The molecule has 1 saturated heterocycles. The quantitative estimate of drug-likeness (QED) is 0.498. The minimum Gasteiger partial charge on any atom is -0.495 e. The third-order valence-electron chi connectivity index (χ3n) is 6.16. The van der Waals surface area contributed by atoms with Gasteiger partial charge in [0.05, 0.1) is 27.0 Å². The SMILES string of the molecule is COc1ccccc1NC(=S)N1CCC2(C=C(C(=O)NCc3ccc(OC)c(OC)c3)NO2)CC1. The maximum Gasteiger partial charge on any atom is 0.269 e. The van der Waals surface area contributed by atoms with Crippen molar-refractivity contribution < 1.29 is 23.8 Å². The fraction of sp³-hybridized carbons (Fsp3) is 0.360. The Morgan fingerprint density at radius 2 is 1.77 bits per heavy atom. The van der Waals surface area contributed by atoms with Gasteiger partial charge in [-0.05, 0) is 48.1 Å². The molecule has 2 aliphatic heterocycles. The van der Waals surface area contributed by atoms with Crippen LogP contribution in [0.25, 0.3) is 0 Å². The number of piperidine rings is 1. The summed E-state index contributed by atoms with van der Waals surface area (Å²) in [6.45, 7) is 1.74. The third kappa shape index (κ3) is 5.60. The van der Waals surface area contributed by atoms with Gasteiger partial charge in [-0.1, -0.05) is 18.2 Å². The van der Waals surface area contributed by atoms with Crippen LogP contribution < -0.4 is 30.3 Å². The van der Waals surface area contributed by atoms with E-state index in [4.69, 9.17) is 31.3 Å². The largest absolute Gasteiger partial charge is 0.495 e. The lowest BCUT2D eigenvalue weighted by Gasteiger charge is -2.38. The topological polar surface area (TPSA) is 93.3 Å². The number of para-hydroxylation sites is 2. The molecule has 0 aliphatic carbocycles. The Balaban J connectivity index is 1.31. The average Bonchev–Trinajstić information content (AvgIpc) is 3.31. The van der Waals surface area contributed by atoms with Crippen molar-refractivity contribution >= 4 is 28.9 Å². The zero-order chi connectivity index (χ0) is 24.8. The van der Waals surface area contributed by atoms with E-state index in [0.717, 1.165) is 17.0 Å². The minimum atomic E-state index is -0.535. The van der Waals surface area contributed by atoms with Crippen LogP contribution in [0.2, 0.25) is 0 Å². The Labute approximate surface area is 210 Å². The van der Waals surface area contributed by atoms with Crippen molar-refractivity contribution in [2.45, 2.75) is 25.0 Å². The summed E-state index contributed by atoms with van der Waals surface area (Å²) in [6, 6.07) is 13.2. The van der Waals surface area contributed by atoms with E-state index >= 15 is 0 Å². The number of likely N-dealkylation sites (tertiary alicyclic amines) is 1. The van der Waals surface area contributed by atoms with Crippen LogP contribution in [0, 0.1) is 0 Å². The summed E-state index contributed by atoms with van der Waals surface area (Å²) in [5.74, 6) is 1.76. The van der Waals surface area contributed by atoms with E-state index in [9.17, 15) is 4.79 Å². The Hall–Kier alpha value is -3.50. The standard InChI is InChI=1S/C25H30N4O5S/c1-31-20-7-5-4-6-18(20)27-24(35)29-12-10-25(11-13-29)15-19(28-34-25)23(30)26-16-17-8-9-21(32-2)22(14-17)33-3/h4-9,14-15,28H,10-13,16H2,1-3H3,(H,26,30)(H,27,35). The van der Waals surface area contributed by atoms with E-state index in [1.54, 1.807) is 21.3 Å². The molecule has 35 heavy (non-hydrogen) atoms. The van der Waals surface area contributed by atoms with Gasteiger partial charge in [0, 0.05) is 32.5 Å². The number of amides is 1. The number of thiocarbonyl (C=S) groups is 1. The van der Waals surface area contributed by atoms with Crippen LogP contribution in [-0.4, -0.2) is 55.9 Å². The summed E-state index contributed by atoms with van der Waals surface area (Å²) in [4.78, 5) is 20.7. The molecule has 10 heteroatoms. The molecule has 0 saturated carbocycles. The molecule has 186 valence electrons. The molecule has 0 radical (unpaired) electrons. The lowest BCUT2D eigenvalue weighted by molar-refractivity contribution is -0.120. The van der Waals surface area contributed by atoms with Crippen LogP contribution in [-0.2, 0) is 16.2 Å². The molecular formula is C25H30N4O5S. The highest BCUT2D eigenvalue weighted by atomic mass is 32.1. The number of hydroxylamine groups is 1. The number of rotatable bonds is 7. The maximum absolute atomic E-state index is 12.7. The van der Waals surface area contributed by atoms with Crippen LogP contribution in [0.15, 0.2) is 54.2 Å². The van der Waals surface area contributed by atoms with Crippen molar-refractivity contribution in [1.82, 2.24) is 15.7 Å². The molecule has 9 nitrogen and oxygen atoms in total. The van der Waals surface area contributed by atoms with Gasteiger partial charge < -0.3 is 29.7 Å². The predicted molar refractivity (Wildman–Crippen MR) is 136 cm³/mol. The summed E-state index contributed by atoms with van der Waals surface area (Å²) in [7, 11) is 4.80. The maximum atomic E-state index is 12.7. The first-order valence-electron chi connectivity index (χ1n) is 11.3. The molecular weight excluding hydrogens is 468 g/mol. The van der Waals surface area contributed by atoms with Gasteiger partial charge in [0.15, 0.2) is 16.6 Å². The van der Waals surface area contributed by atoms with Crippen molar-refractivity contribution in [1.29, 1.82) is 0 Å². The highest BCUT2D eigenvalue weighted by molar-refractivity contribution is 7.80. The van der Waals surface area contributed by atoms with Gasteiger partial charge in [-0.25, -0.2) is 0 Å². The van der Waals surface area contributed by atoms with Gasteiger partial charge in [-0.15, -0.1) is 0 Å². The average molecular weight is 499 g/mol. The molecule has 0 unspecified atom stereocenters. The molecule has 2 aromatic rings. The Morgan fingerprint density at radius 3 is 2.49 bits per heavy atom. The van der Waals surface area contributed by atoms with E-state index < -0.39 is 5.60 Å². The van der Waals surface area contributed by atoms with E-state index in [2.05, 4.69) is 21.0 Å². The summed E-state index contributed by atoms with van der Waals surface area (Å²) in [5, 5.41) is 6.81. The fourth-order valence-electron chi connectivity index (χ4n) is 4.14. The van der Waals surface area contributed by atoms with Crippen LogP contribution in [0.4, 0.5) is 5.69 Å². The van der Waals surface area contributed by atoms with E-state index in [1.165, 1.54) is 0 Å². The molecule has 0 bridgehead atoms. The number of anilines is 1. The first-order chi connectivity index (χ1) is 17.0. The first-order valence-corrected chi connectivity index (χ1v) is 11.7. The Morgan fingerprint density at radius 1 is 1.06 bits per heavy atom. The first kappa shape index (κ1) is 24.6. The number of hydrogen-bond acceptors (Lipinski definition) is 7. The Kier molecular flexibility index (Phi) is 7.62. The number of carbonyl (C=O) groups excluding carboxylic acids is 1. The minimum absolute atomic E-state index is 0.229. The molecule has 1 fully saturated rings.